The van der Waals surface area contributed by atoms with Gasteiger partial charge in [0.15, 0.2) is 0 Å². The van der Waals surface area contributed by atoms with Gasteiger partial charge in [-0.25, -0.2) is 17.9 Å². The Morgan fingerprint density at radius 3 is 2.53 bits per heavy atom. The van der Waals surface area contributed by atoms with Crippen molar-refractivity contribution < 1.29 is 34.7 Å². The number of methoxy groups -OCH3 is 1. The van der Waals surface area contributed by atoms with E-state index in [0.717, 1.165) is 0 Å². The van der Waals surface area contributed by atoms with Gasteiger partial charge < -0.3 is 20.5 Å². The number of sulfonamides is 1. The molecule has 9 nitrogen and oxygen atoms in total. The largest absolute Gasteiger partial charge is 0.496 e. The summed E-state index contributed by atoms with van der Waals surface area (Å²) in [6.07, 6.45) is -9.23. The summed E-state index contributed by atoms with van der Waals surface area (Å²) in [5.41, 5.74) is 0.970. The number of carbonyl (C=O) groups is 2. The van der Waals surface area contributed by atoms with Crippen LogP contribution in [0.1, 0.15) is 48.4 Å². The van der Waals surface area contributed by atoms with Crippen LogP contribution in [0.2, 0.25) is 5.02 Å². The molecule has 2 aromatic carbocycles. The zero-order valence-electron chi connectivity index (χ0n) is 23.2. The van der Waals surface area contributed by atoms with Crippen molar-refractivity contribution in [3.63, 3.8) is 0 Å². The number of benzene rings is 2. The Morgan fingerprint density at radius 2 is 1.88 bits per heavy atom. The first-order valence-corrected chi connectivity index (χ1v) is 12.1. The van der Waals surface area contributed by atoms with Crippen molar-refractivity contribution >= 4 is 33.6 Å². The van der Waals surface area contributed by atoms with E-state index in [2.05, 4.69) is 10.6 Å². The average molecular weight is 515 g/mol. The Hall–Kier alpha value is -2.82. The number of hydrogen-bond donors (Lipinski definition) is 4. The Bertz CT molecular complexity index is 1320. The minimum Gasteiger partial charge on any atom is -0.496 e. The average Bonchev–Trinajstić information content (AvgIpc) is 2.82. The summed E-state index contributed by atoms with van der Waals surface area (Å²) in [7, 11) is -2.89. The van der Waals surface area contributed by atoms with E-state index < -0.39 is 59.7 Å². The van der Waals surface area contributed by atoms with Gasteiger partial charge in [-0.05, 0) is 67.9 Å². The fourth-order valence-electron chi connectivity index (χ4n) is 3.18. The summed E-state index contributed by atoms with van der Waals surface area (Å²) in [5, 5.41) is 15.3. The normalized spacial score (nSPS) is 25.4. The highest BCUT2D eigenvalue weighted by molar-refractivity contribution is 7.90. The number of hydrogen-bond acceptors (Lipinski definition) is 6. The molecular weight excluding hydrogens is 482 g/mol. The topological polar surface area (TPSA) is 134 Å². The standard InChI is InChI=1S/C23H28ClN3O6S/c1-33-21-11-4-16(24)14-20(21)22(29)25-13-12-15-2-9-19(10-3-15)34(31,32)27-23(30)26-17-5-7-18(28)8-6-17/h2-4,9-11,14,17-18,28H,5-8,12-13H2,1H3,(H,25,29)(H2,26,27,30)/i7D2,8D2,18D. The van der Waals surface area contributed by atoms with E-state index in [1.807, 2.05) is 0 Å². The Labute approximate surface area is 210 Å². The molecule has 1 fully saturated rings. The lowest BCUT2D eigenvalue weighted by atomic mass is 9.93. The number of amides is 3. The summed E-state index contributed by atoms with van der Waals surface area (Å²) in [6.45, 7) is 0.233. The number of carbonyl (C=O) groups excluding carboxylic acids is 2. The first-order valence-electron chi connectivity index (χ1n) is 12.8. The molecular formula is C23H28ClN3O6S. The van der Waals surface area contributed by atoms with E-state index in [9.17, 15) is 23.1 Å². The van der Waals surface area contributed by atoms with Crippen molar-refractivity contribution in [3.05, 3.63) is 58.6 Å². The van der Waals surface area contributed by atoms with Gasteiger partial charge in [0.2, 0.25) is 0 Å². The molecule has 0 radical (unpaired) electrons. The highest BCUT2D eigenvalue weighted by Gasteiger charge is 2.23. The van der Waals surface area contributed by atoms with Gasteiger partial charge in [0.1, 0.15) is 5.75 Å². The van der Waals surface area contributed by atoms with E-state index in [1.165, 1.54) is 37.4 Å². The molecule has 0 aliphatic heterocycles. The van der Waals surface area contributed by atoms with E-state index in [0.29, 0.717) is 22.8 Å². The molecule has 3 amide bonds. The van der Waals surface area contributed by atoms with Gasteiger partial charge >= 0.3 is 6.03 Å². The minimum atomic E-state index is -4.32. The highest BCUT2D eigenvalue weighted by atomic mass is 35.5. The third-order valence-corrected chi connectivity index (χ3v) is 6.52. The number of nitrogens with one attached hydrogen (secondary N) is 3. The molecule has 1 aliphatic rings. The summed E-state index contributed by atoms with van der Waals surface area (Å²) in [5.74, 6) is -0.0305. The summed E-state index contributed by atoms with van der Waals surface area (Å²) < 4.78 is 71.1. The second-order valence-corrected chi connectivity index (χ2v) is 9.50. The molecule has 0 unspecified atom stereocenters. The molecule has 4 N–H and O–H groups in total. The molecule has 2 aromatic rings. The van der Waals surface area contributed by atoms with Crippen LogP contribution in [0.3, 0.4) is 0 Å². The summed E-state index contributed by atoms with van der Waals surface area (Å²) >= 11 is 5.95. The predicted molar refractivity (Wildman–Crippen MR) is 128 cm³/mol. The second-order valence-electron chi connectivity index (χ2n) is 7.38. The van der Waals surface area contributed by atoms with Crippen LogP contribution < -0.4 is 20.1 Å². The van der Waals surface area contributed by atoms with Crippen LogP contribution in [0.4, 0.5) is 4.79 Å². The maximum atomic E-state index is 12.6. The zero-order valence-corrected chi connectivity index (χ0v) is 19.8. The van der Waals surface area contributed by atoms with Crippen LogP contribution in [0.15, 0.2) is 47.4 Å². The van der Waals surface area contributed by atoms with Crippen LogP contribution in [0, 0.1) is 0 Å². The van der Waals surface area contributed by atoms with Crippen LogP contribution in [0.25, 0.3) is 0 Å². The lowest BCUT2D eigenvalue weighted by Gasteiger charge is -2.26. The monoisotopic (exact) mass is 514 g/mol. The molecule has 0 saturated heterocycles. The van der Waals surface area contributed by atoms with E-state index in [-0.39, 0.29) is 17.0 Å². The maximum absolute atomic E-state index is 12.6. The molecule has 3 rings (SSSR count). The van der Waals surface area contributed by atoms with E-state index in [4.69, 9.17) is 23.2 Å². The Balaban J connectivity index is 1.56. The van der Waals surface area contributed by atoms with Crippen LogP contribution >= 0.6 is 11.6 Å². The summed E-state index contributed by atoms with van der Waals surface area (Å²) in [6, 6.07) is 7.84. The van der Waals surface area contributed by atoms with Crippen molar-refractivity contribution in [2.24, 2.45) is 0 Å². The highest BCUT2D eigenvalue weighted by Crippen LogP contribution is 2.22. The van der Waals surface area contributed by atoms with Crippen molar-refractivity contribution in [2.45, 2.75) is 49.0 Å². The van der Waals surface area contributed by atoms with Crippen molar-refractivity contribution in [2.75, 3.05) is 13.7 Å². The lowest BCUT2D eigenvalue weighted by Crippen LogP contribution is -2.46. The lowest BCUT2D eigenvalue weighted by molar-refractivity contribution is 0.0951. The quantitative estimate of drug-likeness (QED) is 0.428. The van der Waals surface area contributed by atoms with Crippen molar-refractivity contribution in [3.8, 4) is 5.75 Å². The van der Waals surface area contributed by atoms with Gasteiger partial charge in [-0.3, -0.25) is 4.79 Å². The Kier molecular flexibility index (Phi) is 6.62. The third-order valence-electron chi connectivity index (χ3n) is 4.93. The zero-order chi connectivity index (χ0) is 29.2. The van der Waals surface area contributed by atoms with Crippen LogP contribution in [-0.2, 0) is 16.4 Å². The van der Waals surface area contributed by atoms with Crippen molar-refractivity contribution in [1.29, 1.82) is 0 Å². The summed E-state index contributed by atoms with van der Waals surface area (Å²) in [4.78, 5) is 24.6. The number of halogens is 1. The minimum absolute atomic E-state index is 0.232. The molecule has 0 spiro atoms. The van der Waals surface area contributed by atoms with Crippen LogP contribution in [0.5, 0.6) is 5.75 Å². The molecule has 0 atom stereocenters. The molecule has 1 saturated carbocycles. The number of rotatable bonds is 8. The van der Waals surface area contributed by atoms with E-state index in [1.54, 1.807) is 16.9 Å². The maximum Gasteiger partial charge on any atom is 0.328 e. The molecule has 11 heteroatoms. The fourth-order valence-corrected chi connectivity index (χ4v) is 4.27. The van der Waals surface area contributed by atoms with Gasteiger partial charge in [-0.15, -0.1) is 0 Å². The molecule has 0 bridgehead atoms. The first kappa shape index (κ1) is 19.5. The van der Waals surface area contributed by atoms with Gasteiger partial charge in [0.25, 0.3) is 15.9 Å². The van der Waals surface area contributed by atoms with Gasteiger partial charge in [-0.2, -0.15) is 0 Å². The SMILES string of the molecule is [2H]C1([2H])CC(NC(=O)NS(=O)(=O)c2ccc(CCNC(=O)c3cc(Cl)ccc3OC)cc2)CC([2H])([2H])C1([2H])O. The molecule has 34 heavy (non-hydrogen) atoms. The van der Waals surface area contributed by atoms with Gasteiger partial charge in [-0.1, -0.05) is 23.7 Å². The molecule has 0 heterocycles. The first-order chi connectivity index (χ1) is 18.0. The molecule has 0 aromatic heterocycles. The predicted octanol–water partition coefficient (Wildman–Crippen LogP) is 2.61. The second kappa shape index (κ2) is 11.5. The third kappa shape index (κ3) is 7.09. The van der Waals surface area contributed by atoms with Gasteiger partial charge in [0, 0.05) is 23.1 Å². The number of aliphatic hydroxyl groups is 1. The van der Waals surface area contributed by atoms with E-state index >= 15 is 0 Å². The smallest absolute Gasteiger partial charge is 0.328 e. The Morgan fingerprint density at radius 1 is 1.21 bits per heavy atom. The fraction of sp³-hybridized carbons (Fsp3) is 0.391. The van der Waals surface area contributed by atoms with Gasteiger partial charge in [0.05, 0.1) is 25.0 Å². The molecule has 1 aliphatic carbocycles. The molecule has 184 valence electrons. The number of urea groups is 1. The van der Waals surface area contributed by atoms with Crippen LogP contribution in [-0.4, -0.2) is 51.2 Å². The van der Waals surface area contributed by atoms with Crippen molar-refractivity contribution in [1.82, 2.24) is 15.4 Å². The number of ether oxygens (including phenoxy) is 1.